The summed E-state index contributed by atoms with van der Waals surface area (Å²) in [5.41, 5.74) is 14.1. The first-order valence-electron chi connectivity index (χ1n) is 9.47. The smallest absolute Gasteiger partial charge is 0.269 e. The van der Waals surface area contributed by atoms with Gasteiger partial charge in [-0.25, -0.2) is 9.37 Å². The number of halogens is 1. The first-order chi connectivity index (χ1) is 14.9. The van der Waals surface area contributed by atoms with Crippen LogP contribution in [0.4, 0.5) is 15.9 Å². The predicted molar refractivity (Wildman–Crippen MR) is 117 cm³/mol. The zero-order valence-corrected chi connectivity index (χ0v) is 16.3. The molecule has 4 rings (SSSR count). The highest BCUT2D eigenvalue weighted by atomic mass is 19.1. The van der Waals surface area contributed by atoms with Crippen molar-refractivity contribution in [1.82, 2.24) is 9.97 Å². The molecule has 1 aromatic heterocycles. The van der Waals surface area contributed by atoms with Crippen molar-refractivity contribution in [1.29, 1.82) is 0 Å². The van der Waals surface area contributed by atoms with Crippen molar-refractivity contribution in [2.75, 3.05) is 11.1 Å². The van der Waals surface area contributed by atoms with Crippen LogP contribution in [0.1, 0.15) is 22.3 Å². The van der Waals surface area contributed by atoms with Crippen LogP contribution >= 0.6 is 0 Å². The van der Waals surface area contributed by atoms with Crippen LogP contribution in [-0.2, 0) is 0 Å². The number of rotatable bonds is 6. The number of primary amides is 1. The number of aromatic amines is 1. The number of amides is 1. The molecule has 4 aromatic rings. The number of aliphatic hydroxyl groups excluding tert-OH is 1. The Morgan fingerprint density at radius 1 is 1.00 bits per heavy atom. The second-order valence-corrected chi connectivity index (χ2v) is 6.94. The maximum Gasteiger partial charge on any atom is 0.269 e. The molecule has 0 fully saturated rings. The van der Waals surface area contributed by atoms with Gasteiger partial charge in [0.15, 0.2) is 12.0 Å². The van der Waals surface area contributed by atoms with E-state index in [9.17, 15) is 14.3 Å². The lowest BCUT2D eigenvalue weighted by Crippen LogP contribution is -2.17. The van der Waals surface area contributed by atoms with Gasteiger partial charge in [-0.15, -0.1) is 0 Å². The first-order valence-corrected chi connectivity index (χ1v) is 9.47. The van der Waals surface area contributed by atoms with Crippen LogP contribution in [-0.4, -0.2) is 21.0 Å². The molecule has 0 saturated carbocycles. The molecular formula is C23H20FN5O2. The van der Waals surface area contributed by atoms with Crippen molar-refractivity contribution < 1.29 is 14.3 Å². The molecule has 0 aliphatic rings. The van der Waals surface area contributed by atoms with Crippen LogP contribution in [0.3, 0.4) is 0 Å². The van der Waals surface area contributed by atoms with Gasteiger partial charge in [0, 0.05) is 11.1 Å². The summed E-state index contributed by atoms with van der Waals surface area (Å²) in [5.74, 6) is -0.985. The number of anilines is 2. The van der Waals surface area contributed by atoms with Crippen molar-refractivity contribution >= 4 is 17.4 Å². The lowest BCUT2D eigenvalue weighted by molar-refractivity contribution is 0.0996. The summed E-state index contributed by atoms with van der Waals surface area (Å²) in [7, 11) is 0. The number of carbonyl (C=O) groups excluding carboxylic acids is 1. The van der Waals surface area contributed by atoms with E-state index in [1.165, 1.54) is 18.2 Å². The maximum absolute atomic E-state index is 13.4. The third-order valence-electron chi connectivity index (χ3n) is 4.83. The van der Waals surface area contributed by atoms with Crippen molar-refractivity contribution in [3.8, 4) is 22.5 Å². The van der Waals surface area contributed by atoms with Gasteiger partial charge in [-0.05, 0) is 29.3 Å². The second-order valence-electron chi connectivity index (χ2n) is 6.94. The van der Waals surface area contributed by atoms with Crippen molar-refractivity contribution in [2.45, 2.75) is 6.23 Å². The van der Waals surface area contributed by atoms with E-state index in [4.69, 9.17) is 11.5 Å². The molecular weight excluding hydrogens is 397 g/mol. The third kappa shape index (κ3) is 4.24. The van der Waals surface area contributed by atoms with Gasteiger partial charge in [-0.1, -0.05) is 54.6 Å². The van der Waals surface area contributed by atoms with Crippen LogP contribution < -0.4 is 16.8 Å². The van der Waals surface area contributed by atoms with E-state index < -0.39 is 18.0 Å². The molecule has 0 aliphatic carbocycles. The Balaban J connectivity index is 1.58. The van der Waals surface area contributed by atoms with Crippen molar-refractivity contribution in [2.24, 2.45) is 5.73 Å². The SMILES string of the molecule is NC(=O)c1[nH]c(-c2ccc(F)c(N)c2)nc1NC(O)c1ccc(-c2ccccc2)cc1. The molecule has 0 radical (unpaired) electrons. The van der Waals surface area contributed by atoms with Gasteiger partial charge < -0.3 is 26.9 Å². The quantitative estimate of drug-likeness (QED) is 0.241. The van der Waals surface area contributed by atoms with E-state index in [2.05, 4.69) is 15.3 Å². The average molecular weight is 417 g/mol. The highest BCUT2D eigenvalue weighted by molar-refractivity contribution is 5.96. The molecule has 1 amide bonds. The van der Waals surface area contributed by atoms with Gasteiger partial charge in [-0.2, -0.15) is 0 Å². The van der Waals surface area contributed by atoms with Crippen LogP contribution in [0, 0.1) is 5.82 Å². The molecule has 1 heterocycles. The molecule has 0 bridgehead atoms. The van der Waals surface area contributed by atoms with Gasteiger partial charge in [0.05, 0.1) is 5.69 Å². The largest absolute Gasteiger partial charge is 0.396 e. The molecule has 0 saturated heterocycles. The summed E-state index contributed by atoms with van der Waals surface area (Å²) >= 11 is 0. The summed E-state index contributed by atoms with van der Waals surface area (Å²) < 4.78 is 13.4. The highest BCUT2D eigenvalue weighted by Gasteiger charge is 2.19. The van der Waals surface area contributed by atoms with Crippen LogP contribution in [0.15, 0.2) is 72.8 Å². The summed E-state index contributed by atoms with van der Waals surface area (Å²) in [6, 6.07) is 21.2. The zero-order valence-electron chi connectivity index (χ0n) is 16.3. The minimum Gasteiger partial charge on any atom is -0.396 e. The van der Waals surface area contributed by atoms with Crippen molar-refractivity contribution in [3.63, 3.8) is 0 Å². The van der Waals surface area contributed by atoms with Gasteiger partial charge in [0.25, 0.3) is 5.91 Å². The Kier molecular flexibility index (Phi) is 5.38. The van der Waals surface area contributed by atoms with E-state index in [1.54, 1.807) is 12.1 Å². The Hall–Kier alpha value is -4.17. The maximum atomic E-state index is 13.4. The number of hydrogen-bond acceptors (Lipinski definition) is 5. The molecule has 0 aliphatic heterocycles. The van der Waals surface area contributed by atoms with Gasteiger partial charge >= 0.3 is 0 Å². The molecule has 1 atom stereocenters. The molecule has 8 heteroatoms. The molecule has 7 N–H and O–H groups in total. The monoisotopic (exact) mass is 417 g/mol. The minimum atomic E-state index is -1.14. The summed E-state index contributed by atoms with van der Waals surface area (Å²) in [4.78, 5) is 18.9. The highest BCUT2D eigenvalue weighted by Crippen LogP contribution is 2.27. The van der Waals surface area contributed by atoms with E-state index in [0.717, 1.165) is 11.1 Å². The summed E-state index contributed by atoms with van der Waals surface area (Å²) in [6.45, 7) is 0. The number of aromatic nitrogens is 2. The number of carbonyl (C=O) groups is 1. The third-order valence-corrected chi connectivity index (χ3v) is 4.83. The van der Waals surface area contributed by atoms with Crippen LogP contribution in [0.25, 0.3) is 22.5 Å². The number of nitrogens with one attached hydrogen (secondary N) is 2. The Morgan fingerprint density at radius 2 is 1.65 bits per heavy atom. The number of imidazole rings is 1. The molecule has 7 nitrogen and oxygen atoms in total. The van der Waals surface area contributed by atoms with E-state index in [-0.39, 0.29) is 23.0 Å². The first kappa shape index (κ1) is 20.1. The molecule has 31 heavy (non-hydrogen) atoms. The van der Waals surface area contributed by atoms with Gasteiger partial charge in [-0.3, -0.25) is 4.79 Å². The number of hydrogen-bond donors (Lipinski definition) is 5. The van der Waals surface area contributed by atoms with E-state index in [0.29, 0.717) is 11.1 Å². The number of H-pyrrole nitrogens is 1. The van der Waals surface area contributed by atoms with Gasteiger partial charge in [0.1, 0.15) is 17.3 Å². The molecule has 1 unspecified atom stereocenters. The topological polar surface area (TPSA) is 130 Å². The van der Waals surface area contributed by atoms with Crippen LogP contribution in [0.5, 0.6) is 0 Å². The standard InChI is InChI=1S/C23H20FN5O2/c24-17-11-10-16(12-18(17)25)21-27-19(20(26)30)22(28-21)29-23(31)15-8-6-14(7-9-15)13-4-2-1-3-5-13/h1-12,23,29,31H,25H2,(H2,26,30)(H,27,28). The Labute approximate surface area is 177 Å². The van der Waals surface area contributed by atoms with Crippen LogP contribution in [0.2, 0.25) is 0 Å². The van der Waals surface area contributed by atoms with Crippen molar-refractivity contribution in [3.05, 3.63) is 89.9 Å². The number of nitrogen functional groups attached to an aromatic ring is 1. The molecule has 156 valence electrons. The predicted octanol–water partition coefficient (Wildman–Crippen LogP) is 3.67. The van der Waals surface area contributed by atoms with Gasteiger partial charge in [0.2, 0.25) is 0 Å². The Bertz CT molecular complexity index is 1220. The fourth-order valence-electron chi connectivity index (χ4n) is 3.19. The van der Waals surface area contributed by atoms with E-state index in [1.807, 2.05) is 42.5 Å². The fraction of sp³-hybridized carbons (Fsp3) is 0.0435. The number of aliphatic hydroxyl groups is 1. The number of nitrogens with zero attached hydrogens (tertiary/aromatic N) is 1. The fourth-order valence-corrected chi connectivity index (χ4v) is 3.19. The number of nitrogens with two attached hydrogens (primary N) is 2. The lowest BCUT2D eigenvalue weighted by Gasteiger charge is -2.14. The molecule has 3 aromatic carbocycles. The second kappa shape index (κ2) is 8.29. The Morgan fingerprint density at radius 3 is 2.29 bits per heavy atom. The zero-order chi connectivity index (χ0) is 22.0. The average Bonchev–Trinajstić information content (AvgIpc) is 3.20. The lowest BCUT2D eigenvalue weighted by atomic mass is 10.0. The molecule has 0 spiro atoms. The van der Waals surface area contributed by atoms with E-state index >= 15 is 0 Å². The summed E-state index contributed by atoms with van der Waals surface area (Å²) in [6.07, 6.45) is -1.14. The number of benzene rings is 3. The summed E-state index contributed by atoms with van der Waals surface area (Å²) in [5, 5.41) is 13.4. The normalized spacial score (nSPS) is 11.8. The minimum absolute atomic E-state index is 0.0159.